The summed E-state index contributed by atoms with van der Waals surface area (Å²) in [4.78, 5) is 31.5. The summed E-state index contributed by atoms with van der Waals surface area (Å²) in [5, 5.41) is 0. The van der Waals surface area contributed by atoms with Crippen LogP contribution in [0.15, 0.2) is 12.2 Å². The van der Waals surface area contributed by atoms with E-state index in [-0.39, 0.29) is 17.9 Å². The number of unbranched alkanes of at least 4 members (excludes halogenated alkanes) is 30. The Bertz CT molecular complexity index is 764. The Balaban J connectivity index is -0.000000737. The fraction of sp³-hybridized carbons (Fsp3) is 0.896. The van der Waals surface area contributed by atoms with Crippen LogP contribution in [0.3, 0.4) is 0 Å². The number of carbonyl (C=O) groups excluding carboxylic acids is 3. The highest BCUT2D eigenvalue weighted by atomic mass is 16.5. The minimum absolute atomic E-state index is 0.152. The molecule has 0 aromatic rings. The van der Waals surface area contributed by atoms with Gasteiger partial charge in [-0.25, -0.2) is 0 Å². The Morgan fingerprint density at radius 2 is 0.537 bits per heavy atom. The third-order valence-corrected chi connectivity index (χ3v) is 9.58. The molecule has 0 heterocycles. The van der Waals surface area contributed by atoms with Crippen molar-refractivity contribution >= 4 is 17.9 Å². The molecule has 0 radical (unpaired) electrons. The van der Waals surface area contributed by atoms with Crippen LogP contribution in [0.5, 0.6) is 0 Å². The van der Waals surface area contributed by atoms with Gasteiger partial charge >= 0.3 is 17.9 Å². The summed E-state index contributed by atoms with van der Waals surface area (Å²) in [5.41, 5.74) is 0. The summed E-state index contributed by atoms with van der Waals surface area (Å²) in [5.74, 6) is -0.473. The van der Waals surface area contributed by atoms with Gasteiger partial charge in [0.25, 0.3) is 0 Å². The number of carbonyl (C=O) groups is 3. The van der Waals surface area contributed by atoms with Crippen LogP contribution in [0.2, 0.25) is 0 Å². The largest absolute Gasteiger partial charge is 0.466 e. The Morgan fingerprint density at radius 1 is 0.315 bits per heavy atom. The molecular weight excluding hydrogens is 673 g/mol. The van der Waals surface area contributed by atoms with Crippen LogP contribution in [0.4, 0.5) is 0 Å². The fourth-order valence-corrected chi connectivity index (χ4v) is 6.24. The maximum absolute atomic E-state index is 10.6. The standard InChI is InChI=1S/C20H40O2.C14H28O2.C14H26O2/c1-3-4-5-6-7-8-9-10-11-12-13-14-15-16-17-18-19-22-20(2)21;2*1-3-4-5-6-7-8-9-10-11-12-13-16-14(2)15/h3-19H2,1-2H3;3-13H2,1-2H3;4-5H,3,6-13H2,1-2H3. The summed E-state index contributed by atoms with van der Waals surface area (Å²) in [7, 11) is 0. The third kappa shape index (κ3) is 65.1. The first-order valence-corrected chi connectivity index (χ1v) is 23.4. The zero-order valence-electron chi connectivity index (χ0n) is 37.3. The predicted octanol–water partition coefficient (Wildman–Crippen LogP) is 15.5. The quantitative estimate of drug-likeness (QED) is 0.0269. The van der Waals surface area contributed by atoms with Gasteiger partial charge in [-0.15, -0.1) is 0 Å². The van der Waals surface area contributed by atoms with E-state index in [2.05, 4.69) is 32.9 Å². The van der Waals surface area contributed by atoms with Crippen LogP contribution < -0.4 is 0 Å². The van der Waals surface area contributed by atoms with Crippen LogP contribution in [-0.4, -0.2) is 37.7 Å². The molecule has 322 valence electrons. The number of hydrogen-bond donors (Lipinski definition) is 0. The second kappa shape index (κ2) is 53.3. The van der Waals surface area contributed by atoms with Crippen molar-refractivity contribution in [3.8, 4) is 0 Å². The number of hydrogen-bond acceptors (Lipinski definition) is 6. The molecule has 0 bridgehead atoms. The van der Waals surface area contributed by atoms with E-state index in [4.69, 9.17) is 14.2 Å². The topological polar surface area (TPSA) is 78.9 Å². The van der Waals surface area contributed by atoms with Gasteiger partial charge in [0.1, 0.15) is 0 Å². The van der Waals surface area contributed by atoms with Gasteiger partial charge in [-0.2, -0.15) is 0 Å². The van der Waals surface area contributed by atoms with Crippen molar-refractivity contribution in [3.63, 3.8) is 0 Å². The van der Waals surface area contributed by atoms with E-state index in [1.807, 2.05) is 0 Å². The number of ether oxygens (including phenoxy) is 3. The molecule has 0 atom stereocenters. The smallest absolute Gasteiger partial charge is 0.302 e. The van der Waals surface area contributed by atoms with Crippen molar-refractivity contribution in [2.75, 3.05) is 19.8 Å². The summed E-state index contributed by atoms with van der Waals surface area (Å²) in [6.07, 6.45) is 49.4. The molecule has 0 N–H and O–H groups in total. The van der Waals surface area contributed by atoms with Gasteiger partial charge in [-0.1, -0.05) is 213 Å². The van der Waals surface area contributed by atoms with Crippen molar-refractivity contribution in [2.24, 2.45) is 0 Å². The van der Waals surface area contributed by atoms with Gasteiger partial charge in [-0.05, 0) is 38.5 Å². The highest BCUT2D eigenvalue weighted by Crippen LogP contribution is 2.14. The van der Waals surface area contributed by atoms with Crippen molar-refractivity contribution in [1.82, 2.24) is 0 Å². The molecular formula is C48H94O6. The molecule has 0 aromatic carbocycles. The lowest BCUT2D eigenvalue weighted by Crippen LogP contribution is -2.00. The van der Waals surface area contributed by atoms with E-state index in [1.54, 1.807) is 0 Å². The SMILES string of the molecule is CCC=CCCCCCCCCOC(C)=O.CCCCCCCCCCCCCCCCCCOC(C)=O.CCCCCCCCCCCCOC(C)=O. The van der Waals surface area contributed by atoms with E-state index in [9.17, 15) is 14.4 Å². The second-order valence-corrected chi connectivity index (χ2v) is 15.3. The minimum atomic E-state index is -0.164. The highest BCUT2D eigenvalue weighted by Gasteiger charge is 1.97. The highest BCUT2D eigenvalue weighted by molar-refractivity contribution is 5.66. The minimum Gasteiger partial charge on any atom is -0.466 e. The van der Waals surface area contributed by atoms with E-state index < -0.39 is 0 Å². The molecule has 0 saturated carbocycles. The summed E-state index contributed by atoms with van der Waals surface area (Å²) in [6, 6.07) is 0. The zero-order valence-corrected chi connectivity index (χ0v) is 37.3. The van der Waals surface area contributed by atoms with Gasteiger partial charge in [0.05, 0.1) is 19.8 Å². The van der Waals surface area contributed by atoms with Crippen LogP contribution in [0, 0.1) is 0 Å². The molecule has 0 spiro atoms. The Morgan fingerprint density at radius 3 is 0.759 bits per heavy atom. The second-order valence-electron chi connectivity index (χ2n) is 15.3. The Labute approximate surface area is 337 Å². The first-order chi connectivity index (χ1) is 26.3. The van der Waals surface area contributed by atoms with E-state index in [1.165, 1.54) is 213 Å². The normalized spacial score (nSPS) is 10.7. The number of esters is 3. The number of rotatable bonds is 38. The van der Waals surface area contributed by atoms with E-state index in [0.29, 0.717) is 19.8 Å². The molecule has 0 unspecified atom stereocenters. The molecule has 0 fully saturated rings. The lowest BCUT2D eigenvalue weighted by Gasteiger charge is -2.04. The van der Waals surface area contributed by atoms with Crippen LogP contribution in [0.25, 0.3) is 0 Å². The molecule has 0 rings (SSSR count). The van der Waals surface area contributed by atoms with Gasteiger partial charge in [0.15, 0.2) is 0 Å². The van der Waals surface area contributed by atoms with Gasteiger partial charge < -0.3 is 14.2 Å². The molecule has 0 aromatic heterocycles. The summed E-state index contributed by atoms with van der Waals surface area (Å²) in [6.45, 7) is 12.9. The molecule has 6 heteroatoms. The van der Waals surface area contributed by atoms with Crippen molar-refractivity contribution < 1.29 is 28.6 Å². The Kier molecular flexibility index (Phi) is 55.7. The molecule has 0 aliphatic carbocycles. The maximum Gasteiger partial charge on any atom is 0.302 e. The summed E-state index contributed by atoms with van der Waals surface area (Å²) >= 11 is 0. The maximum atomic E-state index is 10.6. The van der Waals surface area contributed by atoms with Crippen LogP contribution >= 0.6 is 0 Å². The third-order valence-electron chi connectivity index (χ3n) is 9.58. The van der Waals surface area contributed by atoms with Crippen molar-refractivity contribution in [3.05, 3.63) is 12.2 Å². The predicted molar refractivity (Wildman–Crippen MR) is 233 cm³/mol. The first-order valence-electron chi connectivity index (χ1n) is 23.4. The first kappa shape index (κ1) is 56.5. The Hall–Kier alpha value is -1.85. The molecule has 0 aliphatic rings. The molecule has 6 nitrogen and oxygen atoms in total. The number of allylic oxidation sites excluding steroid dienone is 2. The van der Waals surface area contributed by atoms with E-state index >= 15 is 0 Å². The van der Waals surface area contributed by atoms with Gasteiger partial charge in [0.2, 0.25) is 0 Å². The molecule has 54 heavy (non-hydrogen) atoms. The average Bonchev–Trinajstić information content (AvgIpc) is 3.14. The van der Waals surface area contributed by atoms with Crippen LogP contribution in [-0.2, 0) is 28.6 Å². The molecule has 0 amide bonds. The lowest BCUT2D eigenvalue weighted by molar-refractivity contribution is -0.142. The molecule has 0 aliphatic heterocycles. The van der Waals surface area contributed by atoms with E-state index in [0.717, 1.165) is 25.7 Å². The average molecular weight is 767 g/mol. The van der Waals surface area contributed by atoms with Gasteiger partial charge in [0, 0.05) is 20.8 Å². The van der Waals surface area contributed by atoms with Gasteiger partial charge in [-0.3, -0.25) is 14.4 Å². The van der Waals surface area contributed by atoms with Crippen LogP contribution in [0.1, 0.15) is 260 Å². The van der Waals surface area contributed by atoms with Crippen molar-refractivity contribution in [2.45, 2.75) is 260 Å². The van der Waals surface area contributed by atoms with Crippen molar-refractivity contribution in [1.29, 1.82) is 0 Å². The fourth-order valence-electron chi connectivity index (χ4n) is 6.24. The zero-order chi connectivity index (χ0) is 40.4. The summed E-state index contributed by atoms with van der Waals surface area (Å²) < 4.78 is 14.7. The lowest BCUT2D eigenvalue weighted by atomic mass is 10.0. The molecule has 0 saturated heterocycles. The monoisotopic (exact) mass is 767 g/mol.